The molecule has 28 heavy (non-hydrogen) atoms. The zero-order valence-corrected chi connectivity index (χ0v) is 16.5. The Morgan fingerprint density at radius 2 is 2.29 bits per heavy atom. The van der Waals surface area contributed by atoms with Gasteiger partial charge in [-0.05, 0) is 24.5 Å². The lowest BCUT2D eigenvalue weighted by Crippen LogP contribution is -2.11. The van der Waals surface area contributed by atoms with E-state index >= 15 is 0 Å². The van der Waals surface area contributed by atoms with Crippen molar-refractivity contribution in [1.29, 1.82) is 0 Å². The predicted molar refractivity (Wildman–Crippen MR) is 110 cm³/mol. The van der Waals surface area contributed by atoms with Crippen LogP contribution in [0.15, 0.2) is 46.2 Å². The monoisotopic (exact) mass is 406 g/mol. The summed E-state index contributed by atoms with van der Waals surface area (Å²) in [6.07, 6.45) is 5.76. The first-order valence-electron chi connectivity index (χ1n) is 8.38. The van der Waals surface area contributed by atoms with Crippen molar-refractivity contribution in [1.82, 2.24) is 9.97 Å². The molecule has 0 aliphatic heterocycles. The van der Waals surface area contributed by atoms with Crippen LogP contribution in [0.5, 0.6) is 5.75 Å². The van der Waals surface area contributed by atoms with Gasteiger partial charge in [-0.1, -0.05) is 0 Å². The maximum atomic E-state index is 14.1. The number of methoxy groups -OCH3 is 1. The number of aliphatic hydroxyl groups is 1. The maximum Gasteiger partial charge on any atom is 0.229 e. The normalized spacial score (nSPS) is 11.6. The number of anilines is 2. The maximum absolute atomic E-state index is 14.1. The van der Waals surface area contributed by atoms with Gasteiger partial charge in [0, 0.05) is 29.4 Å². The summed E-state index contributed by atoms with van der Waals surface area (Å²) >= 11 is 1.61. The number of halogens is 1. The van der Waals surface area contributed by atoms with Gasteiger partial charge in [0.05, 0.1) is 32.2 Å². The quantitative estimate of drug-likeness (QED) is 0.350. The van der Waals surface area contributed by atoms with E-state index in [1.54, 1.807) is 18.9 Å². The van der Waals surface area contributed by atoms with Crippen molar-refractivity contribution in [3.8, 4) is 5.75 Å². The van der Waals surface area contributed by atoms with Gasteiger partial charge in [-0.15, -0.1) is 11.8 Å². The highest BCUT2D eigenvalue weighted by atomic mass is 32.2. The Balaban J connectivity index is 2.13. The minimum Gasteiger partial charge on any atom is -0.496 e. The number of allylic oxidation sites excluding steroid dienone is 1. The number of nitrogens with one attached hydrogen (secondary N) is 2. The van der Waals surface area contributed by atoms with Gasteiger partial charge in [0.1, 0.15) is 5.75 Å². The summed E-state index contributed by atoms with van der Waals surface area (Å²) in [7, 11) is 1.59. The summed E-state index contributed by atoms with van der Waals surface area (Å²) in [6.45, 7) is 0.492. The summed E-state index contributed by atoms with van der Waals surface area (Å²) in [5, 5.41) is 14.6. The molecule has 1 aromatic carbocycles. The van der Waals surface area contributed by atoms with Crippen molar-refractivity contribution in [2.24, 2.45) is 10.7 Å². The third-order valence-corrected chi connectivity index (χ3v) is 4.30. The number of rotatable bonds is 10. The fraction of sp³-hybridized carbons (Fsp3) is 0.278. The molecule has 1 aromatic heterocycles. The Hall–Kier alpha value is -2.85. The molecular weight excluding hydrogens is 383 g/mol. The molecular formula is C18H23FN6O2S. The molecule has 8 nitrogen and oxygen atoms in total. The molecule has 0 aliphatic rings. The smallest absolute Gasteiger partial charge is 0.229 e. The predicted octanol–water partition coefficient (Wildman–Crippen LogP) is 2.23. The number of nitrogens with two attached hydrogens (primary N) is 1. The van der Waals surface area contributed by atoms with Crippen LogP contribution in [0.25, 0.3) is 0 Å². The van der Waals surface area contributed by atoms with Crippen molar-refractivity contribution >= 4 is 29.7 Å². The number of thioether (sulfide) groups is 1. The van der Waals surface area contributed by atoms with Gasteiger partial charge in [0.25, 0.3) is 0 Å². The van der Waals surface area contributed by atoms with Crippen molar-refractivity contribution in [2.45, 2.75) is 11.4 Å². The summed E-state index contributed by atoms with van der Waals surface area (Å²) < 4.78 is 19.5. The Morgan fingerprint density at radius 1 is 1.46 bits per heavy atom. The van der Waals surface area contributed by atoms with Crippen LogP contribution in [0, 0.1) is 5.82 Å². The molecule has 0 radical (unpaired) electrons. The minimum absolute atomic E-state index is 0.0396. The molecule has 2 rings (SSSR count). The number of hydrogen-bond acceptors (Lipinski definition) is 9. The molecule has 0 bridgehead atoms. The van der Waals surface area contributed by atoms with E-state index in [4.69, 9.17) is 15.6 Å². The Kier molecular flexibility index (Phi) is 8.50. The topological polar surface area (TPSA) is 118 Å². The molecule has 0 saturated carbocycles. The first-order valence-corrected chi connectivity index (χ1v) is 9.60. The summed E-state index contributed by atoms with van der Waals surface area (Å²) in [5.41, 5.74) is 6.82. The van der Waals surface area contributed by atoms with Crippen LogP contribution in [0.3, 0.4) is 0 Å². The molecule has 0 aliphatic carbocycles. The van der Waals surface area contributed by atoms with Gasteiger partial charge < -0.3 is 26.2 Å². The SMILES string of the molecule is COc1ccc(SC)cc1CNc1nc(NC(C=NCCO)=CN)ncc1F. The van der Waals surface area contributed by atoms with Crippen molar-refractivity contribution < 1.29 is 14.2 Å². The van der Waals surface area contributed by atoms with E-state index in [1.165, 1.54) is 12.4 Å². The van der Waals surface area contributed by atoms with Crippen LogP contribution < -0.4 is 21.1 Å². The molecule has 5 N–H and O–H groups in total. The molecule has 0 unspecified atom stereocenters. The van der Waals surface area contributed by atoms with Crippen LogP contribution in [-0.2, 0) is 6.54 Å². The summed E-state index contributed by atoms with van der Waals surface area (Å²) in [4.78, 5) is 13.1. The largest absolute Gasteiger partial charge is 0.496 e. The second-order valence-corrected chi connectivity index (χ2v) is 6.31. The lowest BCUT2D eigenvalue weighted by Gasteiger charge is -2.13. The molecule has 0 amide bonds. The standard InChI is InChI=1S/C18H23FN6O2S/c1-27-16-4-3-14(28-2)7-12(16)9-22-17-15(19)11-23-18(25-17)24-13(8-20)10-21-5-6-26/h3-4,7-8,10-11,26H,5-6,9,20H2,1-2H3,(H2,22,23,24,25). The van der Waals surface area contributed by atoms with Gasteiger partial charge in [0.15, 0.2) is 11.6 Å². The van der Waals surface area contributed by atoms with Gasteiger partial charge >= 0.3 is 0 Å². The third kappa shape index (κ3) is 6.10. The van der Waals surface area contributed by atoms with E-state index in [0.29, 0.717) is 18.0 Å². The summed E-state index contributed by atoms with van der Waals surface area (Å²) in [5.74, 6) is 0.308. The van der Waals surface area contributed by atoms with Gasteiger partial charge in [-0.3, -0.25) is 4.99 Å². The zero-order chi connectivity index (χ0) is 20.4. The Morgan fingerprint density at radius 3 is 2.96 bits per heavy atom. The van der Waals surface area contributed by atoms with Crippen LogP contribution in [0.4, 0.5) is 16.2 Å². The van der Waals surface area contributed by atoms with E-state index < -0.39 is 5.82 Å². The fourth-order valence-corrected chi connectivity index (χ4v) is 2.68. The van der Waals surface area contributed by atoms with Gasteiger partial charge in [-0.2, -0.15) is 4.98 Å². The summed E-state index contributed by atoms with van der Waals surface area (Å²) in [6, 6.07) is 5.80. The molecule has 2 aromatic rings. The van der Waals surface area contributed by atoms with E-state index in [1.807, 2.05) is 24.5 Å². The van der Waals surface area contributed by atoms with E-state index in [-0.39, 0.29) is 24.9 Å². The lowest BCUT2D eigenvalue weighted by atomic mass is 10.2. The fourth-order valence-electron chi connectivity index (χ4n) is 2.22. The number of aromatic nitrogens is 2. The van der Waals surface area contributed by atoms with Crippen molar-refractivity contribution in [3.05, 3.63) is 47.7 Å². The molecule has 0 atom stereocenters. The van der Waals surface area contributed by atoms with Crippen molar-refractivity contribution in [3.63, 3.8) is 0 Å². The zero-order valence-electron chi connectivity index (χ0n) is 15.6. The van der Waals surface area contributed by atoms with E-state index in [0.717, 1.165) is 16.7 Å². The van der Waals surface area contributed by atoms with Crippen LogP contribution in [-0.4, -0.2) is 47.8 Å². The van der Waals surface area contributed by atoms with Crippen molar-refractivity contribution in [2.75, 3.05) is 37.2 Å². The first kappa shape index (κ1) is 21.5. The first-order chi connectivity index (χ1) is 13.6. The van der Waals surface area contributed by atoms with Gasteiger partial charge in [-0.25, -0.2) is 9.37 Å². The molecule has 0 saturated heterocycles. The average Bonchev–Trinajstić information content (AvgIpc) is 2.73. The van der Waals surface area contributed by atoms with Crippen LogP contribution in [0.2, 0.25) is 0 Å². The number of ether oxygens (including phenoxy) is 1. The highest BCUT2D eigenvalue weighted by Crippen LogP contribution is 2.25. The average molecular weight is 406 g/mol. The third-order valence-electron chi connectivity index (χ3n) is 3.57. The van der Waals surface area contributed by atoms with E-state index in [9.17, 15) is 4.39 Å². The number of aliphatic imine (C=N–C) groups is 1. The van der Waals surface area contributed by atoms with Crippen LogP contribution in [0.1, 0.15) is 5.56 Å². The Labute approximate surface area is 167 Å². The highest BCUT2D eigenvalue weighted by molar-refractivity contribution is 7.98. The minimum atomic E-state index is -0.585. The molecule has 150 valence electrons. The second kappa shape index (κ2) is 11.1. The molecule has 10 heteroatoms. The van der Waals surface area contributed by atoms with Crippen LogP contribution >= 0.6 is 11.8 Å². The number of hydrogen-bond donors (Lipinski definition) is 4. The molecule has 0 fully saturated rings. The second-order valence-electron chi connectivity index (χ2n) is 5.43. The number of nitrogens with zero attached hydrogens (tertiary/aromatic N) is 3. The van der Waals surface area contributed by atoms with E-state index in [2.05, 4.69) is 25.6 Å². The lowest BCUT2D eigenvalue weighted by molar-refractivity contribution is 0.307. The van der Waals surface area contributed by atoms with Gasteiger partial charge in [0.2, 0.25) is 5.95 Å². The number of aliphatic hydroxyl groups excluding tert-OH is 1. The molecule has 0 spiro atoms. The highest BCUT2D eigenvalue weighted by Gasteiger charge is 2.10. The number of benzene rings is 1. The molecule has 1 heterocycles. The Bertz CT molecular complexity index is 847.